The molecule has 0 amide bonds. The first kappa shape index (κ1) is 8.29. The van der Waals surface area contributed by atoms with Crippen molar-refractivity contribution in [2.75, 3.05) is 26.4 Å². The number of hydrogen-bond acceptors (Lipinski definition) is 5. The van der Waals surface area contributed by atoms with Gasteiger partial charge < -0.3 is 19.3 Å². The zero-order chi connectivity index (χ0) is 8.10. The van der Waals surface area contributed by atoms with Crippen molar-refractivity contribution in [2.45, 2.75) is 6.10 Å². The summed E-state index contributed by atoms with van der Waals surface area (Å²) in [6.07, 6.45) is -0.961. The van der Waals surface area contributed by atoms with E-state index in [2.05, 4.69) is 9.47 Å². The SMILES string of the molecule is O=C1OCC(COCCO)O1. The second kappa shape index (κ2) is 4.15. The molecule has 0 aromatic carbocycles. The Morgan fingerprint density at radius 1 is 1.73 bits per heavy atom. The molecule has 0 radical (unpaired) electrons. The standard InChI is InChI=1S/C6H10O5/c7-1-2-9-3-5-4-10-6(8)11-5/h5,7H,1-4H2. The van der Waals surface area contributed by atoms with Gasteiger partial charge in [0.2, 0.25) is 0 Å². The third-order valence-corrected chi connectivity index (χ3v) is 1.19. The molecule has 0 aromatic rings. The van der Waals surface area contributed by atoms with Crippen LogP contribution >= 0.6 is 0 Å². The molecule has 5 nitrogen and oxygen atoms in total. The van der Waals surface area contributed by atoms with E-state index >= 15 is 0 Å². The van der Waals surface area contributed by atoms with Crippen LogP contribution in [0.4, 0.5) is 4.79 Å². The van der Waals surface area contributed by atoms with Crippen LogP contribution in [0.5, 0.6) is 0 Å². The number of rotatable bonds is 4. The second-order valence-electron chi connectivity index (χ2n) is 2.10. The fraction of sp³-hybridized carbons (Fsp3) is 0.833. The number of carbonyl (C=O) groups excluding carboxylic acids is 1. The zero-order valence-electron chi connectivity index (χ0n) is 5.99. The van der Waals surface area contributed by atoms with Gasteiger partial charge in [-0.2, -0.15) is 0 Å². The maximum atomic E-state index is 10.3. The van der Waals surface area contributed by atoms with Gasteiger partial charge in [0, 0.05) is 0 Å². The van der Waals surface area contributed by atoms with Gasteiger partial charge in [-0.3, -0.25) is 0 Å². The first-order chi connectivity index (χ1) is 5.33. The number of cyclic esters (lactones) is 2. The van der Waals surface area contributed by atoms with E-state index in [1.165, 1.54) is 0 Å². The van der Waals surface area contributed by atoms with E-state index in [4.69, 9.17) is 9.84 Å². The zero-order valence-corrected chi connectivity index (χ0v) is 5.99. The minimum Gasteiger partial charge on any atom is -0.430 e. The number of aliphatic hydroxyl groups excluding tert-OH is 1. The van der Waals surface area contributed by atoms with E-state index in [0.717, 1.165) is 0 Å². The minimum atomic E-state index is -0.650. The lowest BCUT2D eigenvalue weighted by Gasteiger charge is -2.05. The van der Waals surface area contributed by atoms with Crippen LogP contribution in [-0.2, 0) is 14.2 Å². The van der Waals surface area contributed by atoms with Gasteiger partial charge in [0.25, 0.3) is 0 Å². The van der Waals surface area contributed by atoms with Gasteiger partial charge in [-0.25, -0.2) is 4.79 Å². The summed E-state index contributed by atoms with van der Waals surface area (Å²) in [5.74, 6) is 0. The molecule has 1 atom stereocenters. The quantitative estimate of drug-likeness (QED) is 0.447. The van der Waals surface area contributed by atoms with Crippen molar-refractivity contribution in [3.05, 3.63) is 0 Å². The monoisotopic (exact) mass is 162 g/mol. The predicted molar refractivity (Wildman–Crippen MR) is 34.1 cm³/mol. The fourth-order valence-corrected chi connectivity index (χ4v) is 0.727. The molecule has 0 aromatic heterocycles. The Balaban J connectivity index is 2.04. The molecular formula is C6H10O5. The molecule has 1 saturated heterocycles. The van der Waals surface area contributed by atoms with Crippen LogP contribution in [0.3, 0.4) is 0 Å². The summed E-state index contributed by atoms with van der Waals surface area (Å²) in [4.78, 5) is 10.3. The molecule has 1 heterocycles. The van der Waals surface area contributed by atoms with E-state index in [0.29, 0.717) is 0 Å². The number of aliphatic hydroxyl groups is 1. The molecule has 1 rings (SSSR count). The van der Waals surface area contributed by atoms with Crippen molar-refractivity contribution < 1.29 is 24.1 Å². The summed E-state index contributed by atoms with van der Waals surface area (Å²) in [6, 6.07) is 0. The minimum absolute atomic E-state index is 0.0263. The van der Waals surface area contributed by atoms with Crippen LogP contribution in [0.25, 0.3) is 0 Å². The average Bonchev–Trinajstić information content (AvgIpc) is 2.37. The Labute approximate surface area is 63.9 Å². The normalized spacial score (nSPS) is 23.0. The third kappa shape index (κ3) is 2.73. The number of ether oxygens (including phenoxy) is 3. The van der Waals surface area contributed by atoms with E-state index < -0.39 is 6.16 Å². The van der Waals surface area contributed by atoms with Gasteiger partial charge in [-0.05, 0) is 0 Å². The summed E-state index contributed by atoms with van der Waals surface area (Å²) in [6.45, 7) is 0.756. The van der Waals surface area contributed by atoms with Gasteiger partial charge in [0.1, 0.15) is 6.61 Å². The highest BCUT2D eigenvalue weighted by Gasteiger charge is 2.24. The van der Waals surface area contributed by atoms with Gasteiger partial charge in [0.15, 0.2) is 6.10 Å². The lowest BCUT2D eigenvalue weighted by atomic mass is 10.4. The number of carbonyl (C=O) groups is 1. The van der Waals surface area contributed by atoms with E-state index in [9.17, 15) is 4.79 Å². The third-order valence-electron chi connectivity index (χ3n) is 1.19. The van der Waals surface area contributed by atoms with Gasteiger partial charge in [-0.1, -0.05) is 0 Å². The van der Waals surface area contributed by atoms with Crippen molar-refractivity contribution in [3.63, 3.8) is 0 Å². The molecule has 0 saturated carbocycles. The molecule has 0 bridgehead atoms. The van der Waals surface area contributed by atoms with Gasteiger partial charge >= 0.3 is 6.16 Å². The Morgan fingerprint density at radius 3 is 3.09 bits per heavy atom. The fourth-order valence-electron chi connectivity index (χ4n) is 0.727. The van der Waals surface area contributed by atoms with Crippen molar-refractivity contribution in [2.24, 2.45) is 0 Å². The van der Waals surface area contributed by atoms with Gasteiger partial charge in [0.05, 0.1) is 19.8 Å². The second-order valence-corrected chi connectivity index (χ2v) is 2.10. The van der Waals surface area contributed by atoms with Crippen LogP contribution < -0.4 is 0 Å². The average molecular weight is 162 g/mol. The molecule has 11 heavy (non-hydrogen) atoms. The summed E-state index contributed by atoms with van der Waals surface area (Å²) in [5, 5.41) is 8.33. The molecule has 1 aliphatic heterocycles. The van der Waals surface area contributed by atoms with Crippen molar-refractivity contribution >= 4 is 6.16 Å². The van der Waals surface area contributed by atoms with Crippen molar-refractivity contribution in [1.82, 2.24) is 0 Å². The first-order valence-electron chi connectivity index (χ1n) is 3.35. The van der Waals surface area contributed by atoms with Crippen LogP contribution in [0.2, 0.25) is 0 Å². The molecule has 0 aliphatic carbocycles. The van der Waals surface area contributed by atoms with Crippen LogP contribution in [0, 0.1) is 0 Å². The number of hydrogen-bond donors (Lipinski definition) is 1. The molecule has 0 spiro atoms. The van der Waals surface area contributed by atoms with Crippen LogP contribution in [0.15, 0.2) is 0 Å². The van der Waals surface area contributed by atoms with Gasteiger partial charge in [-0.15, -0.1) is 0 Å². The molecule has 5 heteroatoms. The summed E-state index contributed by atoms with van der Waals surface area (Å²) in [7, 11) is 0. The largest absolute Gasteiger partial charge is 0.508 e. The van der Waals surface area contributed by atoms with Crippen molar-refractivity contribution in [3.8, 4) is 0 Å². The smallest absolute Gasteiger partial charge is 0.430 e. The summed E-state index contributed by atoms with van der Waals surface area (Å²) < 4.78 is 14.0. The maximum absolute atomic E-state index is 10.3. The highest BCUT2D eigenvalue weighted by Crippen LogP contribution is 2.05. The summed E-state index contributed by atoms with van der Waals surface area (Å²) >= 11 is 0. The van der Waals surface area contributed by atoms with E-state index in [1.54, 1.807) is 0 Å². The van der Waals surface area contributed by atoms with Crippen LogP contribution in [0.1, 0.15) is 0 Å². The lowest BCUT2D eigenvalue weighted by Crippen LogP contribution is -2.19. The highest BCUT2D eigenvalue weighted by molar-refractivity contribution is 5.61. The molecule has 1 fully saturated rings. The Hall–Kier alpha value is -0.810. The Bertz CT molecular complexity index is 135. The van der Waals surface area contributed by atoms with Crippen LogP contribution in [-0.4, -0.2) is 43.8 Å². The lowest BCUT2D eigenvalue weighted by molar-refractivity contribution is 0.0303. The first-order valence-corrected chi connectivity index (χ1v) is 3.35. The van der Waals surface area contributed by atoms with Crippen molar-refractivity contribution in [1.29, 1.82) is 0 Å². The molecule has 1 unspecified atom stereocenters. The predicted octanol–water partition coefficient (Wildman–Crippen LogP) is -0.469. The molecule has 1 aliphatic rings. The van der Waals surface area contributed by atoms with E-state index in [-0.39, 0.29) is 32.5 Å². The summed E-state index contributed by atoms with van der Waals surface area (Å²) in [5.41, 5.74) is 0. The topological polar surface area (TPSA) is 65.0 Å². The van der Waals surface area contributed by atoms with E-state index in [1.807, 2.05) is 0 Å². The Morgan fingerprint density at radius 2 is 2.55 bits per heavy atom. The molecule has 64 valence electrons. The molecular weight excluding hydrogens is 152 g/mol. The Kier molecular flexibility index (Phi) is 3.13. The highest BCUT2D eigenvalue weighted by atomic mass is 16.8. The maximum Gasteiger partial charge on any atom is 0.508 e. The molecule has 1 N–H and O–H groups in total.